The summed E-state index contributed by atoms with van der Waals surface area (Å²) < 4.78 is 18.3. The van der Waals surface area contributed by atoms with Gasteiger partial charge in [0.2, 0.25) is 11.8 Å². The van der Waals surface area contributed by atoms with E-state index in [1.807, 2.05) is 6.07 Å². The first-order valence-electron chi connectivity index (χ1n) is 15.3. The van der Waals surface area contributed by atoms with E-state index in [2.05, 4.69) is 5.32 Å². The van der Waals surface area contributed by atoms with Gasteiger partial charge >= 0.3 is 5.97 Å². The summed E-state index contributed by atoms with van der Waals surface area (Å²) in [6.45, 7) is -0.268. The van der Waals surface area contributed by atoms with Crippen LogP contribution in [0.5, 0.6) is 0 Å². The van der Waals surface area contributed by atoms with Gasteiger partial charge in [-0.3, -0.25) is 19.2 Å². The minimum Gasteiger partial charge on any atom is -0.455 e. The van der Waals surface area contributed by atoms with Gasteiger partial charge in [-0.1, -0.05) is 66.2 Å². The molecule has 12 heteroatoms. The number of methoxy groups -OCH3 is 1. The van der Waals surface area contributed by atoms with E-state index < -0.39 is 66.1 Å². The number of hydrogen-bond acceptors (Lipinski definition) is 8. The van der Waals surface area contributed by atoms with Gasteiger partial charge in [0.1, 0.15) is 23.7 Å². The summed E-state index contributed by atoms with van der Waals surface area (Å²) in [5.41, 5.74) is -0.311. The van der Waals surface area contributed by atoms with Gasteiger partial charge < -0.3 is 34.4 Å². The Labute approximate surface area is 271 Å². The average Bonchev–Trinajstić information content (AvgIpc) is 3.43. The Morgan fingerprint density at radius 2 is 1.80 bits per heavy atom. The number of anilines is 1. The molecule has 2 aromatic carbocycles. The van der Waals surface area contributed by atoms with Gasteiger partial charge in [-0.25, -0.2) is 0 Å². The topological polar surface area (TPSA) is 135 Å². The van der Waals surface area contributed by atoms with Crippen molar-refractivity contribution < 1.29 is 38.5 Å². The zero-order chi connectivity index (χ0) is 32.4. The molecule has 1 spiro atoms. The molecule has 0 saturated carbocycles. The number of cyclic esters (lactones) is 1. The molecular weight excluding hydrogens is 614 g/mol. The van der Waals surface area contributed by atoms with E-state index in [0.717, 1.165) is 0 Å². The van der Waals surface area contributed by atoms with Crippen molar-refractivity contribution >= 4 is 41.0 Å². The van der Waals surface area contributed by atoms with E-state index >= 15 is 0 Å². The maximum atomic E-state index is 14.4. The normalized spacial score (nSPS) is 32.0. The quantitative estimate of drug-likeness (QED) is 0.360. The Morgan fingerprint density at radius 3 is 2.52 bits per heavy atom. The standard InChI is InChI=1S/C34H36ClN3O8/c1-44-20-24-29(21-8-3-2-4-9-21)45-33(43)27-25(10-5-6-11-26(40)36-24)46-34-16-7-17-37(23-14-12-22(35)13-15-23)32(42)30(34)38(18-19-39)31(41)28(27)34/h2-5,7-10,12-16,24-25,27-30,39H,6,11,17-20H2,1H3,(H,36,40)/b10-5-/t24-,25-,27+,28+,29-,30-,34+/m0/s1. The maximum Gasteiger partial charge on any atom is 0.313 e. The number of benzene rings is 2. The zero-order valence-corrected chi connectivity index (χ0v) is 26.0. The molecule has 46 heavy (non-hydrogen) atoms. The highest BCUT2D eigenvalue weighted by Gasteiger charge is 2.71. The molecular formula is C34H36ClN3O8. The molecule has 2 saturated heterocycles. The lowest BCUT2D eigenvalue weighted by atomic mass is 9.77. The second-order valence-electron chi connectivity index (χ2n) is 11.8. The molecule has 0 unspecified atom stereocenters. The smallest absolute Gasteiger partial charge is 0.313 e. The minimum absolute atomic E-state index is 0.0649. The Balaban J connectivity index is 1.43. The lowest BCUT2D eigenvalue weighted by molar-refractivity contribution is -0.162. The second kappa shape index (κ2) is 13.4. The lowest BCUT2D eigenvalue weighted by Gasteiger charge is -2.35. The van der Waals surface area contributed by atoms with Crippen molar-refractivity contribution in [2.45, 2.75) is 42.7 Å². The molecule has 2 aromatic rings. The average molecular weight is 650 g/mol. The summed E-state index contributed by atoms with van der Waals surface area (Å²) in [6, 6.07) is 13.9. The van der Waals surface area contributed by atoms with Crippen molar-refractivity contribution in [1.82, 2.24) is 10.2 Å². The zero-order valence-electron chi connectivity index (χ0n) is 25.3. The van der Waals surface area contributed by atoms with Gasteiger partial charge in [-0.2, -0.15) is 0 Å². The van der Waals surface area contributed by atoms with E-state index in [-0.39, 0.29) is 32.0 Å². The number of likely N-dealkylation sites (tertiary alicyclic amines) is 1. The maximum absolute atomic E-state index is 14.4. The number of amides is 3. The number of ether oxygens (including phenoxy) is 3. The number of carbonyl (C=O) groups is 4. The molecule has 0 bridgehead atoms. The number of fused-ring (bicyclic) bond motifs is 2. The fourth-order valence-corrected chi connectivity index (χ4v) is 7.22. The van der Waals surface area contributed by atoms with E-state index in [1.54, 1.807) is 72.8 Å². The molecule has 4 aliphatic heterocycles. The molecule has 7 atom stereocenters. The fourth-order valence-electron chi connectivity index (χ4n) is 7.09. The summed E-state index contributed by atoms with van der Waals surface area (Å²) in [5, 5.41) is 13.4. The number of β-amino-alcohol motifs (C(OH)–C–C–N with tert-alkyl or cyclic N) is 1. The summed E-state index contributed by atoms with van der Waals surface area (Å²) in [6.07, 6.45) is 5.56. The molecule has 0 aromatic heterocycles. The third-order valence-electron chi connectivity index (χ3n) is 9.04. The van der Waals surface area contributed by atoms with Crippen LogP contribution in [0, 0.1) is 11.8 Å². The van der Waals surface area contributed by atoms with E-state index in [1.165, 1.54) is 16.9 Å². The molecule has 3 amide bonds. The van der Waals surface area contributed by atoms with Gasteiger partial charge in [0.15, 0.2) is 0 Å². The van der Waals surface area contributed by atoms with Crippen LogP contribution in [0.15, 0.2) is 78.9 Å². The van der Waals surface area contributed by atoms with Crippen molar-refractivity contribution in [3.63, 3.8) is 0 Å². The number of aliphatic hydroxyl groups is 1. The molecule has 0 radical (unpaired) electrons. The van der Waals surface area contributed by atoms with Crippen LogP contribution in [0.3, 0.4) is 0 Å². The summed E-state index contributed by atoms with van der Waals surface area (Å²) in [5.74, 6) is -4.09. The lowest BCUT2D eigenvalue weighted by Crippen LogP contribution is -2.55. The highest BCUT2D eigenvalue weighted by Crippen LogP contribution is 2.53. The van der Waals surface area contributed by atoms with Crippen molar-refractivity contribution in [2.24, 2.45) is 11.8 Å². The Morgan fingerprint density at radius 1 is 1.04 bits per heavy atom. The third kappa shape index (κ3) is 5.72. The summed E-state index contributed by atoms with van der Waals surface area (Å²) in [7, 11) is 1.50. The number of aliphatic hydroxyl groups excluding tert-OH is 1. The second-order valence-corrected chi connectivity index (χ2v) is 12.2. The number of nitrogens with zero attached hydrogens (tertiary/aromatic N) is 2. The number of rotatable bonds is 6. The van der Waals surface area contributed by atoms with Gasteiger partial charge in [-0.05, 0) is 36.2 Å². The van der Waals surface area contributed by atoms with Crippen LogP contribution in [0.2, 0.25) is 5.02 Å². The molecule has 11 nitrogen and oxygen atoms in total. The Kier molecular flexibility index (Phi) is 9.28. The largest absolute Gasteiger partial charge is 0.455 e. The summed E-state index contributed by atoms with van der Waals surface area (Å²) >= 11 is 6.10. The van der Waals surface area contributed by atoms with Crippen LogP contribution in [-0.4, -0.2) is 90.9 Å². The molecule has 0 aliphatic carbocycles. The van der Waals surface area contributed by atoms with Crippen LogP contribution in [0.1, 0.15) is 24.5 Å². The highest BCUT2D eigenvalue weighted by molar-refractivity contribution is 6.30. The van der Waals surface area contributed by atoms with Gasteiger partial charge in [-0.15, -0.1) is 0 Å². The first-order valence-corrected chi connectivity index (χ1v) is 15.7. The minimum atomic E-state index is -1.52. The molecule has 4 heterocycles. The van der Waals surface area contributed by atoms with Crippen LogP contribution in [-0.2, 0) is 33.4 Å². The van der Waals surface area contributed by atoms with Crippen LogP contribution in [0.4, 0.5) is 5.69 Å². The SMILES string of the molecule is COC[C@@H]1NC(=O)CC/C=C\[C@@H]2O[C@@]34C=CCN(c5ccc(Cl)cc5)C(=O)[C@@H]3N(CCO)C(=O)[C@H]4[C@@H]2C(=O)O[C@H]1c1ccccc1. The van der Waals surface area contributed by atoms with E-state index in [9.17, 15) is 24.3 Å². The van der Waals surface area contributed by atoms with Crippen LogP contribution >= 0.6 is 11.6 Å². The molecule has 242 valence electrons. The predicted molar refractivity (Wildman–Crippen MR) is 168 cm³/mol. The first-order chi connectivity index (χ1) is 22.3. The van der Waals surface area contributed by atoms with Gasteiger partial charge in [0, 0.05) is 37.3 Å². The van der Waals surface area contributed by atoms with Crippen molar-refractivity contribution in [3.8, 4) is 0 Å². The molecule has 6 rings (SSSR count). The Bertz CT molecular complexity index is 1530. The highest BCUT2D eigenvalue weighted by atomic mass is 35.5. The monoisotopic (exact) mass is 649 g/mol. The molecule has 2 fully saturated rings. The number of carbonyl (C=O) groups excluding carboxylic acids is 4. The number of allylic oxidation sites excluding steroid dienone is 1. The predicted octanol–water partition coefficient (Wildman–Crippen LogP) is 2.58. The fraction of sp³-hybridized carbons (Fsp3) is 0.412. The van der Waals surface area contributed by atoms with Crippen molar-refractivity contribution in [1.29, 1.82) is 0 Å². The number of esters is 1. The molecule has 4 aliphatic rings. The van der Waals surface area contributed by atoms with Crippen LogP contribution in [0.25, 0.3) is 0 Å². The van der Waals surface area contributed by atoms with Crippen molar-refractivity contribution in [2.75, 3.05) is 38.3 Å². The van der Waals surface area contributed by atoms with Gasteiger partial charge in [0.05, 0.1) is 31.3 Å². The third-order valence-corrected chi connectivity index (χ3v) is 9.29. The first kappa shape index (κ1) is 31.9. The van der Waals surface area contributed by atoms with Crippen molar-refractivity contribution in [3.05, 3.63) is 89.5 Å². The Hall–Kier alpha value is -4.03. The van der Waals surface area contributed by atoms with Crippen LogP contribution < -0.4 is 10.2 Å². The number of hydrogen-bond donors (Lipinski definition) is 2. The van der Waals surface area contributed by atoms with E-state index in [0.29, 0.717) is 22.7 Å². The van der Waals surface area contributed by atoms with E-state index in [4.69, 9.17) is 25.8 Å². The van der Waals surface area contributed by atoms with Gasteiger partial charge in [0.25, 0.3) is 5.91 Å². The number of halogens is 1. The number of nitrogens with one attached hydrogen (secondary N) is 1. The summed E-state index contributed by atoms with van der Waals surface area (Å²) in [4.78, 5) is 58.9. The molecule has 2 N–H and O–H groups in total.